The molecule has 0 bridgehead atoms. The lowest BCUT2D eigenvalue weighted by Gasteiger charge is -2.46. The van der Waals surface area contributed by atoms with Crippen molar-refractivity contribution in [2.45, 2.75) is 33.1 Å². The number of anilines is 1. The van der Waals surface area contributed by atoms with Gasteiger partial charge in [0.2, 0.25) is 5.91 Å². The van der Waals surface area contributed by atoms with Crippen LogP contribution in [0.3, 0.4) is 0 Å². The number of likely N-dealkylation sites (tertiary alicyclic amines) is 2. The van der Waals surface area contributed by atoms with E-state index in [1.165, 1.54) is 0 Å². The summed E-state index contributed by atoms with van der Waals surface area (Å²) < 4.78 is 0. The molecular weight excluding hydrogens is 376 g/mol. The second kappa shape index (κ2) is 7.88. The van der Waals surface area contributed by atoms with Crippen molar-refractivity contribution in [2.24, 2.45) is 16.7 Å². The molecule has 3 saturated heterocycles. The van der Waals surface area contributed by atoms with E-state index in [1.54, 1.807) is 0 Å². The largest absolute Gasteiger partial charge is 0.378 e. The van der Waals surface area contributed by atoms with Crippen molar-refractivity contribution in [3.8, 4) is 0 Å². The Bertz CT molecular complexity index is 796. The molecule has 4 rings (SSSR count). The predicted molar refractivity (Wildman–Crippen MR) is 120 cm³/mol. The summed E-state index contributed by atoms with van der Waals surface area (Å²) in [6, 6.07) is 7.84. The van der Waals surface area contributed by atoms with Crippen LogP contribution in [-0.2, 0) is 4.79 Å². The number of fused-ring (bicyclic) bond motifs is 1. The molecule has 3 heterocycles. The lowest BCUT2D eigenvalue weighted by molar-refractivity contribution is -0.133. The molecule has 164 valence electrons. The first-order valence-corrected chi connectivity index (χ1v) is 11.3. The zero-order chi connectivity index (χ0) is 21.5. The Labute approximate surface area is 180 Å². The Morgan fingerprint density at radius 3 is 2.30 bits per heavy atom. The number of carbonyl (C=O) groups is 2. The molecule has 6 heteroatoms. The van der Waals surface area contributed by atoms with Crippen LogP contribution in [0.15, 0.2) is 24.3 Å². The fourth-order valence-electron chi connectivity index (χ4n) is 6.02. The van der Waals surface area contributed by atoms with Crippen LogP contribution in [0.1, 0.15) is 43.5 Å². The highest BCUT2D eigenvalue weighted by Crippen LogP contribution is 2.56. The van der Waals surface area contributed by atoms with Gasteiger partial charge >= 0.3 is 0 Å². The highest BCUT2D eigenvalue weighted by Gasteiger charge is 2.63. The molecular formula is C24H36N4O2. The van der Waals surface area contributed by atoms with Gasteiger partial charge < -0.3 is 20.0 Å². The maximum Gasteiger partial charge on any atom is 0.253 e. The third-order valence-corrected chi connectivity index (χ3v) is 7.57. The standard InChI is InChI=1S/C24H36N4O2/c1-18(2)15-27-16-23(24(17-27)9-12-25-22(24)30)10-13-28(14-11-23)21(29)19-5-7-20(8-6-19)26(3)4/h5-8,18H,9-17H2,1-4H3,(H,25,30). The van der Waals surface area contributed by atoms with Crippen molar-refractivity contribution in [1.29, 1.82) is 0 Å². The molecule has 2 spiro atoms. The van der Waals surface area contributed by atoms with E-state index < -0.39 is 0 Å². The van der Waals surface area contributed by atoms with Crippen LogP contribution >= 0.6 is 0 Å². The quantitative estimate of drug-likeness (QED) is 0.825. The van der Waals surface area contributed by atoms with Crippen LogP contribution < -0.4 is 10.2 Å². The van der Waals surface area contributed by atoms with Gasteiger partial charge in [-0.2, -0.15) is 0 Å². The van der Waals surface area contributed by atoms with E-state index in [-0.39, 0.29) is 22.6 Å². The Morgan fingerprint density at radius 1 is 1.10 bits per heavy atom. The molecule has 0 aromatic heterocycles. The predicted octanol–water partition coefficient (Wildman–Crippen LogP) is 2.45. The van der Waals surface area contributed by atoms with Gasteiger partial charge in [0.1, 0.15) is 0 Å². The van der Waals surface area contributed by atoms with Gasteiger partial charge in [0.05, 0.1) is 5.41 Å². The van der Waals surface area contributed by atoms with Gasteiger partial charge in [0.15, 0.2) is 0 Å². The summed E-state index contributed by atoms with van der Waals surface area (Å²) in [7, 11) is 4.00. The van der Waals surface area contributed by atoms with E-state index in [0.29, 0.717) is 5.92 Å². The summed E-state index contributed by atoms with van der Waals surface area (Å²) in [6.45, 7) is 9.64. The molecule has 1 N–H and O–H groups in total. The number of hydrogen-bond acceptors (Lipinski definition) is 4. The SMILES string of the molecule is CC(C)CN1CC2(CCN(C(=O)c3ccc(N(C)C)cc3)CC2)C2(CCNC2=O)C1. The van der Waals surface area contributed by atoms with E-state index in [0.717, 1.165) is 69.8 Å². The topological polar surface area (TPSA) is 55.9 Å². The second-order valence-corrected chi connectivity index (χ2v) is 10.2. The maximum absolute atomic E-state index is 13.1. The van der Waals surface area contributed by atoms with Crippen molar-refractivity contribution in [2.75, 3.05) is 58.3 Å². The number of hydrogen-bond donors (Lipinski definition) is 1. The summed E-state index contributed by atoms with van der Waals surface area (Å²) in [5.74, 6) is 0.943. The fourth-order valence-corrected chi connectivity index (χ4v) is 6.02. The van der Waals surface area contributed by atoms with Crippen LogP contribution in [0.5, 0.6) is 0 Å². The number of nitrogens with one attached hydrogen (secondary N) is 1. The molecule has 1 aromatic rings. The third-order valence-electron chi connectivity index (χ3n) is 7.57. The summed E-state index contributed by atoms with van der Waals surface area (Å²) in [4.78, 5) is 32.6. The first-order chi connectivity index (χ1) is 14.3. The zero-order valence-corrected chi connectivity index (χ0v) is 18.9. The zero-order valence-electron chi connectivity index (χ0n) is 18.9. The lowest BCUT2D eigenvalue weighted by atomic mass is 9.60. The average molecular weight is 413 g/mol. The molecule has 1 aromatic carbocycles. The van der Waals surface area contributed by atoms with Crippen molar-refractivity contribution in [3.05, 3.63) is 29.8 Å². The Hall–Kier alpha value is -2.08. The van der Waals surface area contributed by atoms with Crippen molar-refractivity contribution in [1.82, 2.24) is 15.1 Å². The molecule has 30 heavy (non-hydrogen) atoms. The number of rotatable bonds is 4. The molecule has 0 saturated carbocycles. The summed E-state index contributed by atoms with van der Waals surface area (Å²) in [5, 5.41) is 3.12. The van der Waals surface area contributed by atoms with E-state index in [2.05, 4.69) is 24.1 Å². The van der Waals surface area contributed by atoms with Crippen LogP contribution in [0.2, 0.25) is 0 Å². The molecule has 0 aliphatic carbocycles. The number of carbonyl (C=O) groups excluding carboxylic acids is 2. The summed E-state index contributed by atoms with van der Waals surface area (Å²) in [6.07, 6.45) is 2.76. The van der Waals surface area contributed by atoms with E-state index in [1.807, 2.05) is 48.2 Å². The van der Waals surface area contributed by atoms with Gasteiger partial charge in [-0.3, -0.25) is 9.59 Å². The summed E-state index contributed by atoms with van der Waals surface area (Å²) >= 11 is 0. The van der Waals surface area contributed by atoms with E-state index in [9.17, 15) is 9.59 Å². The highest BCUT2D eigenvalue weighted by molar-refractivity contribution is 5.94. The van der Waals surface area contributed by atoms with Crippen molar-refractivity contribution >= 4 is 17.5 Å². The van der Waals surface area contributed by atoms with E-state index in [4.69, 9.17) is 0 Å². The highest BCUT2D eigenvalue weighted by atomic mass is 16.2. The van der Waals surface area contributed by atoms with Gasteiger partial charge in [-0.25, -0.2) is 0 Å². The van der Waals surface area contributed by atoms with Crippen molar-refractivity contribution < 1.29 is 9.59 Å². The summed E-state index contributed by atoms with van der Waals surface area (Å²) in [5.41, 5.74) is 1.56. The minimum absolute atomic E-state index is 0.00592. The monoisotopic (exact) mass is 412 g/mol. The molecule has 0 radical (unpaired) electrons. The number of benzene rings is 1. The second-order valence-electron chi connectivity index (χ2n) is 10.2. The van der Waals surface area contributed by atoms with Crippen LogP contribution in [0.25, 0.3) is 0 Å². The van der Waals surface area contributed by atoms with Crippen LogP contribution in [0.4, 0.5) is 5.69 Å². The average Bonchev–Trinajstić information content (AvgIpc) is 3.22. The maximum atomic E-state index is 13.1. The molecule has 1 unspecified atom stereocenters. The Morgan fingerprint density at radius 2 is 1.77 bits per heavy atom. The molecule has 6 nitrogen and oxygen atoms in total. The fraction of sp³-hybridized carbons (Fsp3) is 0.667. The number of nitrogens with zero attached hydrogens (tertiary/aromatic N) is 3. The molecule has 3 fully saturated rings. The van der Waals surface area contributed by atoms with Crippen LogP contribution in [-0.4, -0.2) is 75.0 Å². The number of amides is 2. The smallest absolute Gasteiger partial charge is 0.253 e. The lowest BCUT2D eigenvalue weighted by Crippen LogP contribution is -2.53. The van der Waals surface area contributed by atoms with Crippen molar-refractivity contribution in [3.63, 3.8) is 0 Å². The van der Waals surface area contributed by atoms with Crippen LogP contribution in [0, 0.1) is 16.7 Å². The molecule has 2 amide bonds. The molecule has 1 atom stereocenters. The van der Waals surface area contributed by atoms with Gasteiger partial charge in [0.25, 0.3) is 5.91 Å². The van der Waals surface area contributed by atoms with Gasteiger partial charge in [-0.15, -0.1) is 0 Å². The molecule has 3 aliphatic heterocycles. The molecule has 3 aliphatic rings. The number of piperidine rings is 1. The first kappa shape index (κ1) is 21.2. The van der Waals surface area contributed by atoms with E-state index >= 15 is 0 Å². The minimum atomic E-state index is -0.273. The first-order valence-electron chi connectivity index (χ1n) is 11.3. The Kier molecular flexibility index (Phi) is 5.56. The minimum Gasteiger partial charge on any atom is -0.378 e. The van der Waals surface area contributed by atoms with Gasteiger partial charge in [-0.05, 0) is 49.4 Å². The van der Waals surface area contributed by atoms with Gasteiger partial charge in [-0.1, -0.05) is 13.8 Å². The normalized spacial score (nSPS) is 26.0. The Balaban J connectivity index is 1.49. The third kappa shape index (κ3) is 3.49. The van der Waals surface area contributed by atoms with Gasteiger partial charge in [0, 0.05) is 70.0 Å².